The van der Waals surface area contributed by atoms with Crippen molar-refractivity contribution in [1.82, 2.24) is 9.97 Å². The van der Waals surface area contributed by atoms with Gasteiger partial charge in [0.2, 0.25) is 0 Å². The fourth-order valence-corrected chi connectivity index (χ4v) is 4.09. The van der Waals surface area contributed by atoms with Crippen LogP contribution in [0.25, 0.3) is 10.2 Å². The summed E-state index contributed by atoms with van der Waals surface area (Å²) in [5.41, 5.74) is 2.39. The van der Waals surface area contributed by atoms with Gasteiger partial charge in [-0.2, -0.15) is 0 Å². The molecule has 18 heavy (non-hydrogen) atoms. The molecule has 0 spiro atoms. The number of aromatic nitrogens is 2. The number of carboxylic acids is 1. The second-order valence-corrected chi connectivity index (χ2v) is 6.57. The normalized spacial score (nSPS) is 15.2. The summed E-state index contributed by atoms with van der Waals surface area (Å²) in [6, 6.07) is 0. The van der Waals surface area contributed by atoms with Crippen LogP contribution in [-0.2, 0) is 4.79 Å². The molecule has 2 aromatic rings. The Hall–Kier alpha value is -1.14. The second-order valence-electron chi connectivity index (χ2n) is 4.39. The van der Waals surface area contributed by atoms with Crippen LogP contribution in [0.15, 0.2) is 11.4 Å². The molecule has 1 aliphatic carbocycles. The first-order chi connectivity index (χ1) is 8.66. The maximum atomic E-state index is 10.6. The Morgan fingerprint density at radius 3 is 3.00 bits per heavy atom. The Kier molecular flexibility index (Phi) is 2.99. The standard InChI is InChI=1S/C12H12N2O2S2/c1-6-9(7-2-3-7)10-11(18-6)12(14-5-13-10)17-4-8(15)16/h5,7H,2-4H2,1H3,(H,15,16). The SMILES string of the molecule is Cc1sc2c(SCC(=O)O)ncnc2c1C1CC1. The number of carboxylic acid groups (broad SMARTS) is 1. The predicted molar refractivity (Wildman–Crippen MR) is 72.5 cm³/mol. The van der Waals surface area contributed by atoms with Gasteiger partial charge in [-0.1, -0.05) is 11.8 Å². The number of hydrogen-bond acceptors (Lipinski definition) is 5. The highest BCUT2D eigenvalue weighted by Crippen LogP contribution is 2.48. The number of carbonyl (C=O) groups is 1. The zero-order chi connectivity index (χ0) is 12.7. The molecular weight excluding hydrogens is 268 g/mol. The largest absolute Gasteiger partial charge is 0.481 e. The molecule has 1 aliphatic rings. The lowest BCUT2D eigenvalue weighted by atomic mass is 10.1. The summed E-state index contributed by atoms with van der Waals surface area (Å²) in [7, 11) is 0. The Morgan fingerprint density at radius 1 is 1.56 bits per heavy atom. The quantitative estimate of drug-likeness (QED) is 0.689. The van der Waals surface area contributed by atoms with Gasteiger partial charge in [-0.05, 0) is 31.2 Å². The monoisotopic (exact) mass is 280 g/mol. The highest BCUT2D eigenvalue weighted by Gasteiger charge is 2.29. The molecule has 0 aromatic carbocycles. The molecule has 0 unspecified atom stereocenters. The topological polar surface area (TPSA) is 63.1 Å². The molecule has 6 heteroatoms. The molecule has 2 heterocycles. The van der Waals surface area contributed by atoms with E-state index in [1.54, 1.807) is 17.7 Å². The fourth-order valence-electron chi connectivity index (χ4n) is 2.10. The molecule has 0 radical (unpaired) electrons. The molecule has 0 atom stereocenters. The predicted octanol–water partition coefficient (Wildman–Crippen LogP) is 3.05. The van der Waals surface area contributed by atoms with E-state index in [1.165, 1.54) is 35.0 Å². The van der Waals surface area contributed by atoms with Crippen LogP contribution in [0.5, 0.6) is 0 Å². The number of thioether (sulfide) groups is 1. The Bertz CT molecular complexity index is 620. The number of rotatable bonds is 4. The molecule has 0 amide bonds. The number of fused-ring (bicyclic) bond motifs is 1. The highest BCUT2D eigenvalue weighted by molar-refractivity contribution is 8.00. The van der Waals surface area contributed by atoms with Crippen LogP contribution in [0, 0.1) is 6.92 Å². The van der Waals surface area contributed by atoms with Gasteiger partial charge in [-0.3, -0.25) is 4.79 Å². The number of nitrogens with zero attached hydrogens (tertiary/aromatic N) is 2. The summed E-state index contributed by atoms with van der Waals surface area (Å²) < 4.78 is 1.04. The minimum absolute atomic E-state index is 0.0435. The third-order valence-electron chi connectivity index (χ3n) is 2.98. The van der Waals surface area contributed by atoms with Gasteiger partial charge in [0.1, 0.15) is 11.4 Å². The Labute approximate surface area is 112 Å². The van der Waals surface area contributed by atoms with Crippen molar-refractivity contribution in [3.63, 3.8) is 0 Å². The minimum Gasteiger partial charge on any atom is -0.481 e. The average molecular weight is 280 g/mol. The first-order valence-electron chi connectivity index (χ1n) is 5.75. The van der Waals surface area contributed by atoms with Crippen LogP contribution in [0.4, 0.5) is 0 Å². The van der Waals surface area contributed by atoms with E-state index >= 15 is 0 Å². The molecule has 4 nitrogen and oxygen atoms in total. The van der Waals surface area contributed by atoms with Crippen LogP contribution in [0.3, 0.4) is 0 Å². The summed E-state index contributed by atoms with van der Waals surface area (Å²) in [5.74, 6) is -0.115. The Balaban J connectivity index is 2.05. The summed E-state index contributed by atoms with van der Waals surface area (Å²) in [4.78, 5) is 20.5. The summed E-state index contributed by atoms with van der Waals surface area (Å²) in [6.07, 6.45) is 4.03. The maximum Gasteiger partial charge on any atom is 0.313 e. The summed E-state index contributed by atoms with van der Waals surface area (Å²) in [6.45, 7) is 2.12. The second kappa shape index (κ2) is 4.51. The zero-order valence-electron chi connectivity index (χ0n) is 9.84. The fraction of sp³-hybridized carbons (Fsp3) is 0.417. The van der Waals surface area contributed by atoms with Gasteiger partial charge in [0, 0.05) is 4.88 Å². The first kappa shape index (κ1) is 11.9. The van der Waals surface area contributed by atoms with Gasteiger partial charge < -0.3 is 5.11 Å². The van der Waals surface area contributed by atoms with E-state index in [4.69, 9.17) is 5.11 Å². The van der Waals surface area contributed by atoms with E-state index in [0.717, 1.165) is 15.2 Å². The van der Waals surface area contributed by atoms with Crippen LogP contribution in [0.2, 0.25) is 0 Å². The van der Waals surface area contributed by atoms with Gasteiger partial charge in [-0.15, -0.1) is 11.3 Å². The lowest BCUT2D eigenvalue weighted by Crippen LogP contribution is -1.98. The van der Waals surface area contributed by atoms with Crippen molar-refractivity contribution < 1.29 is 9.90 Å². The van der Waals surface area contributed by atoms with Crippen LogP contribution >= 0.6 is 23.1 Å². The molecule has 1 saturated carbocycles. The molecular formula is C12H12N2O2S2. The van der Waals surface area contributed by atoms with E-state index in [1.807, 2.05) is 0 Å². The first-order valence-corrected chi connectivity index (χ1v) is 7.55. The van der Waals surface area contributed by atoms with E-state index in [0.29, 0.717) is 5.92 Å². The van der Waals surface area contributed by atoms with Crippen molar-refractivity contribution in [3.8, 4) is 0 Å². The van der Waals surface area contributed by atoms with Gasteiger partial charge >= 0.3 is 5.97 Å². The van der Waals surface area contributed by atoms with E-state index in [-0.39, 0.29) is 5.75 Å². The van der Waals surface area contributed by atoms with E-state index in [2.05, 4.69) is 16.9 Å². The highest BCUT2D eigenvalue weighted by atomic mass is 32.2. The number of thiophene rings is 1. The van der Waals surface area contributed by atoms with E-state index in [9.17, 15) is 4.79 Å². The van der Waals surface area contributed by atoms with Crippen molar-refractivity contribution in [2.24, 2.45) is 0 Å². The van der Waals surface area contributed by atoms with E-state index < -0.39 is 5.97 Å². The molecule has 0 bridgehead atoms. The van der Waals surface area contributed by atoms with Crippen molar-refractivity contribution in [2.45, 2.75) is 30.7 Å². The molecule has 3 rings (SSSR count). The van der Waals surface area contributed by atoms with Gasteiger partial charge in [0.05, 0.1) is 16.0 Å². The van der Waals surface area contributed by atoms with Crippen molar-refractivity contribution >= 4 is 39.3 Å². The van der Waals surface area contributed by atoms with Crippen molar-refractivity contribution in [1.29, 1.82) is 0 Å². The molecule has 94 valence electrons. The van der Waals surface area contributed by atoms with Crippen LogP contribution in [-0.4, -0.2) is 26.8 Å². The van der Waals surface area contributed by atoms with Crippen molar-refractivity contribution in [3.05, 3.63) is 16.8 Å². The zero-order valence-corrected chi connectivity index (χ0v) is 11.5. The molecule has 0 saturated heterocycles. The number of aliphatic carboxylic acids is 1. The van der Waals surface area contributed by atoms with Crippen LogP contribution in [0.1, 0.15) is 29.2 Å². The van der Waals surface area contributed by atoms with Gasteiger partial charge in [0.25, 0.3) is 0 Å². The third kappa shape index (κ3) is 2.10. The van der Waals surface area contributed by atoms with Crippen LogP contribution < -0.4 is 0 Å². The third-order valence-corrected chi connectivity index (χ3v) is 5.20. The number of aryl methyl sites for hydroxylation is 1. The molecule has 2 aromatic heterocycles. The van der Waals surface area contributed by atoms with Gasteiger partial charge in [0.15, 0.2) is 0 Å². The lowest BCUT2D eigenvalue weighted by Gasteiger charge is -2.00. The summed E-state index contributed by atoms with van der Waals surface area (Å²) in [5, 5.41) is 9.54. The minimum atomic E-state index is -0.817. The van der Waals surface area contributed by atoms with Crippen molar-refractivity contribution in [2.75, 3.05) is 5.75 Å². The maximum absolute atomic E-state index is 10.6. The number of hydrogen-bond donors (Lipinski definition) is 1. The summed E-state index contributed by atoms with van der Waals surface area (Å²) >= 11 is 2.96. The Morgan fingerprint density at radius 2 is 2.33 bits per heavy atom. The molecule has 1 fully saturated rings. The lowest BCUT2D eigenvalue weighted by molar-refractivity contribution is -0.133. The molecule has 0 aliphatic heterocycles. The average Bonchev–Trinajstić information content (AvgIpc) is 3.09. The smallest absolute Gasteiger partial charge is 0.313 e. The molecule has 1 N–H and O–H groups in total. The van der Waals surface area contributed by atoms with Gasteiger partial charge in [-0.25, -0.2) is 9.97 Å².